The fourth-order valence-electron chi connectivity index (χ4n) is 2.59. The van der Waals surface area contributed by atoms with Gasteiger partial charge in [-0.3, -0.25) is 9.52 Å². The first-order valence-corrected chi connectivity index (χ1v) is 10.2. The van der Waals surface area contributed by atoms with Gasteiger partial charge in [-0.25, -0.2) is 8.42 Å². The number of benzene rings is 2. The van der Waals surface area contributed by atoms with E-state index in [1.54, 1.807) is 30.1 Å². The number of hydrogen-bond acceptors (Lipinski definition) is 3. The largest absolute Gasteiger partial charge is 0.342 e. The van der Waals surface area contributed by atoms with Gasteiger partial charge in [-0.05, 0) is 49.6 Å². The highest BCUT2D eigenvalue weighted by Crippen LogP contribution is 2.22. The van der Waals surface area contributed by atoms with E-state index in [0.29, 0.717) is 17.8 Å². The van der Waals surface area contributed by atoms with Crippen molar-refractivity contribution in [3.63, 3.8) is 0 Å². The molecule has 1 N–H and O–H groups in total. The monoisotopic (exact) mass is 374 g/mol. The van der Waals surface area contributed by atoms with E-state index in [2.05, 4.69) is 11.6 Å². The van der Waals surface area contributed by atoms with Crippen molar-refractivity contribution in [2.75, 3.05) is 18.3 Å². The Kier molecular flexibility index (Phi) is 6.42. The molecule has 0 aliphatic rings. The Bertz CT molecular complexity index is 892. The van der Waals surface area contributed by atoms with Crippen molar-refractivity contribution in [3.05, 3.63) is 59.2 Å². The quantitative estimate of drug-likeness (QED) is 0.797. The van der Waals surface area contributed by atoms with Crippen molar-refractivity contribution in [2.24, 2.45) is 0 Å². The van der Waals surface area contributed by atoms with Gasteiger partial charge in [0, 0.05) is 19.2 Å². The highest BCUT2D eigenvalue weighted by atomic mass is 32.2. The molecule has 0 aromatic heterocycles. The molecule has 5 nitrogen and oxygen atoms in total. The van der Waals surface area contributed by atoms with Crippen LogP contribution in [-0.2, 0) is 10.0 Å². The summed E-state index contributed by atoms with van der Waals surface area (Å²) >= 11 is 0. The smallest absolute Gasteiger partial charge is 0.261 e. The van der Waals surface area contributed by atoms with Crippen LogP contribution in [-0.4, -0.2) is 32.8 Å². The maximum Gasteiger partial charge on any atom is 0.261 e. The first-order chi connectivity index (χ1) is 12.3. The summed E-state index contributed by atoms with van der Waals surface area (Å²) in [5, 5.41) is 0. The van der Waals surface area contributed by atoms with Crippen LogP contribution in [0.5, 0.6) is 0 Å². The summed E-state index contributed by atoms with van der Waals surface area (Å²) in [5.41, 5.74) is 2.53. The Hall–Kier alpha value is -2.34. The Labute approximate surface area is 156 Å². The van der Waals surface area contributed by atoms with Gasteiger partial charge in [0.2, 0.25) is 0 Å². The second kappa shape index (κ2) is 8.36. The van der Waals surface area contributed by atoms with Gasteiger partial charge in [0.1, 0.15) is 0 Å². The fourth-order valence-corrected chi connectivity index (χ4v) is 3.75. The van der Waals surface area contributed by atoms with Crippen molar-refractivity contribution >= 4 is 21.6 Å². The van der Waals surface area contributed by atoms with Crippen molar-refractivity contribution in [1.82, 2.24) is 4.90 Å². The summed E-state index contributed by atoms with van der Waals surface area (Å²) in [6, 6.07) is 11.8. The molecule has 0 saturated heterocycles. The molecule has 0 aliphatic carbocycles. The highest BCUT2D eigenvalue weighted by molar-refractivity contribution is 7.92. The van der Waals surface area contributed by atoms with Gasteiger partial charge in [-0.15, -0.1) is 0 Å². The number of amides is 1. The molecule has 0 spiro atoms. The Morgan fingerprint density at radius 1 is 1.08 bits per heavy atom. The maximum atomic E-state index is 12.7. The molecule has 0 unspecified atom stereocenters. The number of nitrogens with one attached hydrogen (secondary N) is 1. The topological polar surface area (TPSA) is 66.5 Å². The van der Waals surface area contributed by atoms with Gasteiger partial charge < -0.3 is 4.90 Å². The lowest BCUT2D eigenvalue weighted by atomic mass is 10.1. The van der Waals surface area contributed by atoms with Crippen molar-refractivity contribution in [3.8, 4) is 0 Å². The number of anilines is 1. The average molecular weight is 375 g/mol. The number of carbonyl (C=O) groups excluding carboxylic acids is 1. The third kappa shape index (κ3) is 4.64. The van der Waals surface area contributed by atoms with Crippen LogP contribution in [0, 0.1) is 13.8 Å². The van der Waals surface area contributed by atoms with Gasteiger partial charge in [0.15, 0.2) is 0 Å². The molecular formula is C20H26N2O3S. The van der Waals surface area contributed by atoms with Crippen LogP contribution < -0.4 is 4.72 Å². The normalized spacial score (nSPS) is 11.2. The summed E-state index contributed by atoms with van der Waals surface area (Å²) in [6.45, 7) is 6.36. The van der Waals surface area contributed by atoms with Gasteiger partial charge in [-0.1, -0.05) is 37.6 Å². The lowest BCUT2D eigenvalue weighted by Gasteiger charge is -2.19. The predicted octanol–water partition coefficient (Wildman–Crippen LogP) is 3.98. The average Bonchev–Trinajstić information content (AvgIpc) is 2.61. The van der Waals surface area contributed by atoms with Crippen LogP contribution in [0.15, 0.2) is 47.4 Å². The lowest BCUT2D eigenvalue weighted by Crippen LogP contribution is -2.28. The Morgan fingerprint density at radius 3 is 2.42 bits per heavy atom. The number of para-hydroxylation sites is 1. The number of rotatable bonds is 7. The third-order valence-electron chi connectivity index (χ3n) is 4.33. The molecule has 0 bridgehead atoms. The zero-order valence-electron chi connectivity index (χ0n) is 15.7. The van der Waals surface area contributed by atoms with Gasteiger partial charge in [0.25, 0.3) is 15.9 Å². The van der Waals surface area contributed by atoms with E-state index in [1.807, 2.05) is 26.0 Å². The van der Waals surface area contributed by atoms with Gasteiger partial charge in [-0.2, -0.15) is 0 Å². The van der Waals surface area contributed by atoms with Gasteiger partial charge in [0.05, 0.1) is 10.6 Å². The van der Waals surface area contributed by atoms with E-state index < -0.39 is 10.0 Å². The molecule has 0 saturated carbocycles. The summed E-state index contributed by atoms with van der Waals surface area (Å²) < 4.78 is 28.1. The van der Waals surface area contributed by atoms with Crippen LogP contribution in [0.2, 0.25) is 0 Å². The maximum absolute atomic E-state index is 12.7. The summed E-state index contributed by atoms with van der Waals surface area (Å²) in [5.74, 6) is -0.163. The van der Waals surface area contributed by atoms with Gasteiger partial charge >= 0.3 is 0 Å². The summed E-state index contributed by atoms with van der Waals surface area (Å²) in [4.78, 5) is 14.4. The van der Waals surface area contributed by atoms with E-state index >= 15 is 0 Å². The zero-order chi connectivity index (χ0) is 19.3. The minimum absolute atomic E-state index is 0.0820. The summed E-state index contributed by atoms with van der Waals surface area (Å²) in [7, 11) is -2.03. The van der Waals surface area contributed by atoms with Crippen molar-refractivity contribution in [1.29, 1.82) is 0 Å². The van der Waals surface area contributed by atoms with E-state index in [4.69, 9.17) is 0 Å². The molecule has 140 valence electrons. The fraction of sp³-hybridized carbons (Fsp3) is 0.350. The molecule has 2 aromatic carbocycles. The SMILES string of the molecule is CCCCN(C)C(=O)c1cc(S(=O)(=O)Nc2ccccc2C)ccc1C. The molecule has 6 heteroatoms. The molecule has 1 amide bonds. The molecule has 0 aliphatic heterocycles. The van der Waals surface area contributed by atoms with Crippen LogP contribution in [0.25, 0.3) is 0 Å². The van der Waals surface area contributed by atoms with E-state index in [0.717, 1.165) is 24.0 Å². The zero-order valence-corrected chi connectivity index (χ0v) is 16.6. The number of carbonyl (C=O) groups is 1. The molecule has 0 heterocycles. The predicted molar refractivity (Wildman–Crippen MR) is 105 cm³/mol. The third-order valence-corrected chi connectivity index (χ3v) is 5.70. The van der Waals surface area contributed by atoms with E-state index in [1.165, 1.54) is 12.1 Å². The minimum atomic E-state index is -3.77. The molecule has 2 aromatic rings. The number of hydrogen-bond donors (Lipinski definition) is 1. The van der Waals surface area contributed by atoms with Crippen LogP contribution >= 0.6 is 0 Å². The van der Waals surface area contributed by atoms with E-state index in [-0.39, 0.29) is 10.8 Å². The highest BCUT2D eigenvalue weighted by Gasteiger charge is 2.20. The van der Waals surface area contributed by atoms with Crippen molar-refractivity contribution in [2.45, 2.75) is 38.5 Å². The molecule has 0 radical (unpaired) electrons. The first kappa shape index (κ1) is 20.0. The van der Waals surface area contributed by atoms with Crippen LogP contribution in [0.1, 0.15) is 41.3 Å². The van der Waals surface area contributed by atoms with Crippen LogP contribution in [0.4, 0.5) is 5.69 Å². The minimum Gasteiger partial charge on any atom is -0.342 e. The van der Waals surface area contributed by atoms with E-state index in [9.17, 15) is 13.2 Å². The number of sulfonamides is 1. The standard InChI is InChI=1S/C20H26N2O3S/c1-5-6-13-22(4)20(23)18-14-17(12-11-15(18)2)26(24,25)21-19-10-8-7-9-16(19)3/h7-12,14,21H,5-6,13H2,1-4H3. The molecule has 2 rings (SSSR count). The number of nitrogens with zero attached hydrogens (tertiary/aromatic N) is 1. The van der Waals surface area contributed by atoms with Crippen molar-refractivity contribution < 1.29 is 13.2 Å². The molecule has 0 fully saturated rings. The molecule has 0 atom stereocenters. The molecule has 26 heavy (non-hydrogen) atoms. The second-order valence-electron chi connectivity index (χ2n) is 6.48. The molecular weight excluding hydrogens is 348 g/mol. The van der Waals surface area contributed by atoms with Crippen LogP contribution in [0.3, 0.4) is 0 Å². The first-order valence-electron chi connectivity index (χ1n) is 8.71. The lowest BCUT2D eigenvalue weighted by molar-refractivity contribution is 0.0792. The Morgan fingerprint density at radius 2 is 1.77 bits per heavy atom. The number of aryl methyl sites for hydroxylation is 2. The second-order valence-corrected chi connectivity index (χ2v) is 8.16. The Balaban J connectivity index is 2.33. The number of unbranched alkanes of at least 4 members (excludes halogenated alkanes) is 1. The summed E-state index contributed by atoms with van der Waals surface area (Å²) in [6.07, 6.45) is 1.90.